The molecule has 0 saturated heterocycles. The second-order valence-electron chi connectivity index (χ2n) is 4.29. The van der Waals surface area contributed by atoms with Crippen molar-refractivity contribution in [3.63, 3.8) is 0 Å². The first kappa shape index (κ1) is 14.4. The molecule has 0 radical (unpaired) electrons. The molecule has 2 aromatic rings. The van der Waals surface area contributed by atoms with Crippen LogP contribution in [0.2, 0.25) is 5.02 Å². The largest absolute Gasteiger partial charge is 0.312 e. The summed E-state index contributed by atoms with van der Waals surface area (Å²) >= 11 is 7.38. The lowest BCUT2D eigenvalue weighted by Gasteiger charge is -2.02. The zero-order chi connectivity index (χ0) is 13.7. The topological polar surface area (TPSA) is 24.9 Å². The maximum Gasteiger partial charge on any atom is 0.145 e. The van der Waals surface area contributed by atoms with Crippen LogP contribution in [0.1, 0.15) is 28.8 Å². The van der Waals surface area contributed by atoms with Gasteiger partial charge in [-0.05, 0) is 24.6 Å². The Hall–Kier alpha value is -0.970. The first-order valence-corrected chi connectivity index (χ1v) is 7.47. The molecular formula is C14H16ClFN2S. The summed E-state index contributed by atoms with van der Waals surface area (Å²) in [6.07, 6.45) is 3.45. The highest BCUT2D eigenvalue weighted by molar-refractivity contribution is 7.11. The van der Waals surface area contributed by atoms with Crippen molar-refractivity contribution in [1.29, 1.82) is 0 Å². The Bertz CT molecular complexity index is 542. The molecule has 0 fully saturated rings. The molecule has 0 spiro atoms. The number of rotatable bonds is 6. The van der Waals surface area contributed by atoms with Gasteiger partial charge in [0.1, 0.15) is 5.82 Å². The third-order valence-corrected chi connectivity index (χ3v) is 3.99. The van der Waals surface area contributed by atoms with Crippen molar-refractivity contribution in [3.05, 3.63) is 50.7 Å². The number of halogens is 2. The maximum atomic E-state index is 13.8. The predicted molar refractivity (Wildman–Crippen MR) is 78.3 cm³/mol. The van der Waals surface area contributed by atoms with E-state index in [0.717, 1.165) is 24.5 Å². The van der Waals surface area contributed by atoms with Crippen molar-refractivity contribution in [2.45, 2.75) is 26.3 Å². The van der Waals surface area contributed by atoms with E-state index >= 15 is 0 Å². The molecule has 0 aliphatic carbocycles. The van der Waals surface area contributed by atoms with Gasteiger partial charge in [-0.15, -0.1) is 11.3 Å². The van der Waals surface area contributed by atoms with Crippen molar-refractivity contribution in [1.82, 2.24) is 10.3 Å². The van der Waals surface area contributed by atoms with Gasteiger partial charge in [-0.2, -0.15) is 0 Å². The van der Waals surface area contributed by atoms with Crippen LogP contribution < -0.4 is 5.32 Å². The predicted octanol–water partition coefficient (Wildman–Crippen LogP) is 4.03. The monoisotopic (exact) mass is 298 g/mol. The van der Waals surface area contributed by atoms with Crippen LogP contribution in [0.3, 0.4) is 0 Å². The molecule has 19 heavy (non-hydrogen) atoms. The van der Waals surface area contributed by atoms with Crippen molar-refractivity contribution >= 4 is 22.9 Å². The van der Waals surface area contributed by atoms with Crippen LogP contribution in [-0.4, -0.2) is 11.5 Å². The lowest BCUT2D eigenvalue weighted by atomic mass is 10.1. The first-order chi connectivity index (χ1) is 9.20. The Morgan fingerprint density at radius 1 is 1.42 bits per heavy atom. The second kappa shape index (κ2) is 6.98. The highest BCUT2D eigenvalue weighted by Crippen LogP contribution is 2.22. The highest BCUT2D eigenvalue weighted by atomic mass is 35.5. The molecule has 0 aliphatic rings. The van der Waals surface area contributed by atoms with E-state index in [1.807, 2.05) is 6.20 Å². The van der Waals surface area contributed by atoms with E-state index in [9.17, 15) is 4.39 Å². The van der Waals surface area contributed by atoms with Gasteiger partial charge in [-0.1, -0.05) is 30.7 Å². The molecule has 0 saturated carbocycles. The molecule has 2 nitrogen and oxygen atoms in total. The van der Waals surface area contributed by atoms with E-state index in [1.54, 1.807) is 29.5 Å². The summed E-state index contributed by atoms with van der Waals surface area (Å²) in [5.74, 6) is -0.343. The van der Waals surface area contributed by atoms with Crippen LogP contribution in [0.5, 0.6) is 0 Å². The van der Waals surface area contributed by atoms with E-state index in [1.165, 1.54) is 4.88 Å². The van der Waals surface area contributed by atoms with Gasteiger partial charge < -0.3 is 5.32 Å². The summed E-state index contributed by atoms with van der Waals surface area (Å²) in [6.45, 7) is 3.95. The van der Waals surface area contributed by atoms with Crippen LogP contribution in [-0.2, 0) is 13.0 Å². The SMILES string of the molecule is CCCNCc1cnc(Cc2cccc(Cl)c2F)s1. The average molecular weight is 299 g/mol. The summed E-state index contributed by atoms with van der Waals surface area (Å²) < 4.78 is 13.8. The Labute approximate surface area is 121 Å². The summed E-state index contributed by atoms with van der Waals surface area (Å²) in [6, 6.07) is 5.07. The van der Waals surface area contributed by atoms with Gasteiger partial charge in [-0.3, -0.25) is 0 Å². The molecule has 0 aliphatic heterocycles. The molecule has 1 aromatic carbocycles. The van der Waals surface area contributed by atoms with Gasteiger partial charge in [0.15, 0.2) is 0 Å². The maximum absolute atomic E-state index is 13.8. The summed E-state index contributed by atoms with van der Waals surface area (Å²) in [7, 11) is 0. The smallest absolute Gasteiger partial charge is 0.145 e. The van der Waals surface area contributed by atoms with Crippen LogP contribution >= 0.6 is 22.9 Å². The molecule has 0 atom stereocenters. The summed E-state index contributed by atoms with van der Waals surface area (Å²) in [4.78, 5) is 5.50. The number of hydrogen-bond donors (Lipinski definition) is 1. The van der Waals surface area contributed by atoms with Gasteiger partial charge in [-0.25, -0.2) is 9.37 Å². The third kappa shape index (κ3) is 4.00. The second-order valence-corrected chi connectivity index (χ2v) is 5.89. The molecule has 0 bridgehead atoms. The minimum atomic E-state index is -0.343. The van der Waals surface area contributed by atoms with Crippen LogP contribution in [0.15, 0.2) is 24.4 Å². The molecule has 0 unspecified atom stereocenters. The number of nitrogens with one attached hydrogen (secondary N) is 1. The molecular weight excluding hydrogens is 283 g/mol. The molecule has 1 N–H and O–H groups in total. The molecule has 1 aromatic heterocycles. The van der Waals surface area contributed by atoms with Crippen molar-refractivity contribution in [2.24, 2.45) is 0 Å². The number of aromatic nitrogens is 1. The number of benzene rings is 1. The molecule has 5 heteroatoms. The van der Waals surface area contributed by atoms with Crippen molar-refractivity contribution in [2.75, 3.05) is 6.54 Å². The standard InChI is InChI=1S/C14H16ClFN2S/c1-2-6-17-8-11-9-18-13(19-11)7-10-4-3-5-12(15)14(10)16/h3-5,9,17H,2,6-8H2,1H3. The van der Waals surface area contributed by atoms with Crippen LogP contribution in [0, 0.1) is 5.82 Å². The summed E-state index contributed by atoms with van der Waals surface area (Å²) in [5, 5.41) is 4.40. The normalized spacial score (nSPS) is 10.9. The van der Waals surface area contributed by atoms with Gasteiger partial charge in [0.25, 0.3) is 0 Å². The molecule has 0 amide bonds. The van der Waals surface area contributed by atoms with Gasteiger partial charge in [0.05, 0.1) is 10.0 Å². The number of hydrogen-bond acceptors (Lipinski definition) is 3. The summed E-state index contributed by atoms with van der Waals surface area (Å²) in [5.41, 5.74) is 0.593. The first-order valence-electron chi connectivity index (χ1n) is 6.28. The zero-order valence-corrected chi connectivity index (χ0v) is 12.3. The highest BCUT2D eigenvalue weighted by Gasteiger charge is 2.09. The third-order valence-electron chi connectivity index (χ3n) is 2.70. The van der Waals surface area contributed by atoms with Crippen LogP contribution in [0.4, 0.5) is 4.39 Å². The minimum absolute atomic E-state index is 0.166. The zero-order valence-electron chi connectivity index (χ0n) is 10.7. The van der Waals surface area contributed by atoms with Gasteiger partial charge >= 0.3 is 0 Å². The van der Waals surface area contributed by atoms with E-state index in [-0.39, 0.29) is 10.8 Å². The van der Waals surface area contributed by atoms with E-state index < -0.39 is 0 Å². The lowest BCUT2D eigenvalue weighted by molar-refractivity contribution is 0.614. The van der Waals surface area contributed by atoms with Crippen LogP contribution in [0.25, 0.3) is 0 Å². The van der Waals surface area contributed by atoms with Crippen molar-refractivity contribution < 1.29 is 4.39 Å². The quantitative estimate of drug-likeness (QED) is 0.815. The molecule has 2 rings (SSSR count). The average Bonchev–Trinajstić information content (AvgIpc) is 2.83. The van der Waals surface area contributed by atoms with E-state index in [0.29, 0.717) is 12.0 Å². The molecule has 1 heterocycles. The molecule has 102 valence electrons. The number of nitrogens with zero attached hydrogens (tertiary/aromatic N) is 1. The Morgan fingerprint density at radius 2 is 2.26 bits per heavy atom. The van der Waals surface area contributed by atoms with Gasteiger partial charge in [0.2, 0.25) is 0 Å². The van der Waals surface area contributed by atoms with E-state index in [2.05, 4.69) is 17.2 Å². The Kier molecular flexibility index (Phi) is 5.31. The van der Waals surface area contributed by atoms with Gasteiger partial charge in [0, 0.05) is 24.0 Å². The van der Waals surface area contributed by atoms with E-state index in [4.69, 9.17) is 11.6 Å². The number of thiazole rings is 1. The van der Waals surface area contributed by atoms with Crippen molar-refractivity contribution in [3.8, 4) is 0 Å². The minimum Gasteiger partial charge on any atom is -0.312 e. The Balaban J connectivity index is 2.01. The Morgan fingerprint density at radius 3 is 3.05 bits per heavy atom. The fourth-order valence-electron chi connectivity index (χ4n) is 1.75. The fraction of sp³-hybridized carbons (Fsp3) is 0.357. The lowest BCUT2D eigenvalue weighted by Crippen LogP contribution is -2.12. The fourth-order valence-corrected chi connectivity index (χ4v) is 2.86.